The molecule has 0 aliphatic heterocycles. The second kappa shape index (κ2) is 7.64. The maximum atomic E-state index is 11.4. The molecule has 0 radical (unpaired) electrons. The molecule has 18 heavy (non-hydrogen) atoms. The van der Waals surface area contributed by atoms with Gasteiger partial charge < -0.3 is 10.1 Å². The molecular formula is C15H21NO2. The molecule has 1 aromatic rings. The Labute approximate surface area is 109 Å². The standard InChI is InChI=1S/C15H21NO2/c1-3-13-5-7-14(8-6-13)10-11-16-15(18)9-4-12(2)17/h5-8H,3-4,9-11H2,1-2H3,(H,16,18). The number of hydrogen-bond donors (Lipinski definition) is 1. The number of carbonyl (C=O) groups is 2. The van der Waals surface area contributed by atoms with Gasteiger partial charge in [0, 0.05) is 19.4 Å². The third-order valence-corrected chi connectivity index (χ3v) is 2.87. The van der Waals surface area contributed by atoms with E-state index in [9.17, 15) is 9.59 Å². The van der Waals surface area contributed by atoms with E-state index in [2.05, 4.69) is 36.5 Å². The summed E-state index contributed by atoms with van der Waals surface area (Å²) in [6.07, 6.45) is 2.50. The van der Waals surface area contributed by atoms with Crippen molar-refractivity contribution >= 4 is 11.7 Å². The quantitative estimate of drug-likeness (QED) is 0.803. The van der Waals surface area contributed by atoms with Crippen molar-refractivity contribution in [2.24, 2.45) is 0 Å². The summed E-state index contributed by atoms with van der Waals surface area (Å²) in [7, 11) is 0. The topological polar surface area (TPSA) is 46.2 Å². The van der Waals surface area contributed by atoms with Crippen LogP contribution < -0.4 is 5.32 Å². The molecule has 1 aromatic carbocycles. The van der Waals surface area contributed by atoms with Gasteiger partial charge in [-0.1, -0.05) is 31.2 Å². The number of benzene rings is 1. The van der Waals surface area contributed by atoms with Gasteiger partial charge in [0.1, 0.15) is 5.78 Å². The smallest absolute Gasteiger partial charge is 0.220 e. The molecule has 0 saturated heterocycles. The molecule has 1 amide bonds. The van der Waals surface area contributed by atoms with E-state index in [1.54, 1.807) is 0 Å². The number of carbonyl (C=O) groups excluding carboxylic acids is 2. The molecule has 0 atom stereocenters. The third kappa shape index (κ3) is 5.62. The first-order valence-electron chi connectivity index (χ1n) is 6.45. The van der Waals surface area contributed by atoms with E-state index in [4.69, 9.17) is 0 Å². The number of Topliss-reactive ketones (excluding diaryl/α,β-unsaturated/α-hetero) is 1. The largest absolute Gasteiger partial charge is 0.356 e. The summed E-state index contributed by atoms with van der Waals surface area (Å²) in [6.45, 7) is 4.26. The van der Waals surface area contributed by atoms with Crippen LogP contribution in [0.25, 0.3) is 0 Å². The normalized spacial score (nSPS) is 10.1. The van der Waals surface area contributed by atoms with Gasteiger partial charge in [0.05, 0.1) is 0 Å². The molecule has 3 heteroatoms. The Kier molecular flexibility index (Phi) is 6.12. The predicted octanol–water partition coefficient (Wildman–Crippen LogP) is 2.28. The SMILES string of the molecule is CCc1ccc(CCNC(=O)CCC(C)=O)cc1. The minimum atomic E-state index is -0.0459. The van der Waals surface area contributed by atoms with Gasteiger partial charge in [-0.15, -0.1) is 0 Å². The number of hydrogen-bond acceptors (Lipinski definition) is 2. The molecule has 1 rings (SSSR count). The van der Waals surface area contributed by atoms with Crippen molar-refractivity contribution in [2.45, 2.75) is 39.5 Å². The van der Waals surface area contributed by atoms with Crippen molar-refractivity contribution < 1.29 is 9.59 Å². The van der Waals surface area contributed by atoms with Crippen molar-refractivity contribution in [2.75, 3.05) is 6.54 Å². The van der Waals surface area contributed by atoms with Crippen molar-refractivity contribution in [1.82, 2.24) is 5.32 Å². The Morgan fingerprint density at radius 2 is 1.67 bits per heavy atom. The first-order chi connectivity index (χ1) is 8.61. The molecule has 0 bridgehead atoms. The molecule has 0 heterocycles. The average molecular weight is 247 g/mol. The lowest BCUT2D eigenvalue weighted by atomic mass is 10.1. The lowest BCUT2D eigenvalue weighted by Gasteiger charge is -2.05. The van der Waals surface area contributed by atoms with E-state index in [-0.39, 0.29) is 11.7 Å². The second-order valence-corrected chi connectivity index (χ2v) is 4.47. The van der Waals surface area contributed by atoms with E-state index in [0.29, 0.717) is 19.4 Å². The zero-order valence-electron chi connectivity index (χ0n) is 11.2. The molecule has 0 aromatic heterocycles. The fourth-order valence-electron chi connectivity index (χ4n) is 1.67. The van der Waals surface area contributed by atoms with Gasteiger partial charge in [-0.05, 0) is 30.9 Å². The first kappa shape index (κ1) is 14.4. The zero-order chi connectivity index (χ0) is 13.4. The average Bonchev–Trinajstić information content (AvgIpc) is 2.37. The third-order valence-electron chi connectivity index (χ3n) is 2.87. The first-order valence-corrected chi connectivity index (χ1v) is 6.45. The van der Waals surface area contributed by atoms with Crippen molar-refractivity contribution in [3.05, 3.63) is 35.4 Å². The Bertz CT molecular complexity index is 395. The summed E-state index contributed by atoms with van der Waals surface area (Å²) in [4.78, 5) is 22.1. The molecule has 0 aliphatic rings. The minimum Gasteiger partial charge on any atom is -0.356 e. The Hall–Kier alpha value is -1.64. The van der Waals surface area contributed by atoms with Gasteiger partial charge in [-0.3, -0.25) is 4.79 Å². The van der Waals surface area contributed by atoms with Crippen LogP contribution in [-0.4, -0.2) is 18.2 Å². The number of rotatable bonds is 7. The number of ketones is 1. The fourth-order valence-corrected chi connectivity index (χ4v) is 1.67. The fraction of sp³-hybridized carbons (Fsp3) is 0.467. The van der Waals surface area contributed by atoms with Gasteiger partial charge in [-0.25, -0.2) is 0 Å². The van der Waals surface area contributed by atoms with Crippen LogP contribution >= 0.6 is 0 Å². The molecule has 0 saturated carbocycles. The maximum absolute atomic E-state index is 11.4. The van der Waals surface area contributed by atoms with Gasteiger partial charge in [0.15, 0.2) is 0 Å². The van der Waals surface area contributed by atoms with Gasteiger partial charge >= 0.3 is 0 Å². The van der Waals surface area contributed by atoms with Gasteiger partial charge in [0.25, 0.3) is 0 Å². The summed E-state index contributed by atoms with van der Waals surface area (Å²) in [5.41, 5.74) is 2.54. The summed E-state index contributed by atoms with van der Waals surface area (Å²) in [5.74, 6) is 0.00989. The van der Waals surface area contributed by atoms with Crippen LogP contribution in [0.2, 0.25) is 0 Å². The summed E-state index contributed by atoms with van der Waals surface area (Å²) in [5, 5.41) is 2.82. The van der Waals surface area contributed by atoms with E-state index in [0.717, 1.165) is 12.8 Å². The molecule has 1 N–H and O–H groups in total. The van der Waals surface area contributed by atoms with Gasteiger partial charge in [0.2, 0.25) is 5.91 Å². The van der Waals surface area contributed by atoms with E-state index < -0.39 is 0 Å². The van der Waals surface area contributed by atoms with Crippen LogP contribution in [-0.2, 0) is 22.4 Å². The second-order valence-electron chi connectivity index (χ2n) is 4.47. The predicted molar refractivity (Wildman–Crippen MR) is 72.4 cm³/mol. The highest BCUT2D eigenvalue weighted by Gasteiger charge is 2.02. The Balaban J connectivity index is 2.24. The van der Waals surface area contributed by atoms with Crippen LogP contribution in [0.3, 0.4) is 0 Å². The number of aryl methyl sites for hydroxylation is 1. The van der Waals surface area contributed by atoms with Crippen LogP contribution in [0.5, 0.6) is 0 Å². The van der Waals surface area contributed by atoms with E-state index >= 15 is 0 Å². The molecule has 0 fully saturated rings. The number of amides is 1. The molecule has 98 valence electrons. The maximum Gasteiger partial charge on any atom is 0.220 e. The molecule has 0 spiro atoms. The molecular weight excluding hydrogens is 226 g/mol. The molecule has 3 nitrogen and oxygen atoms in total. The summed E-state index contributed by atoms with van der Waals surface area (Å²) in [6, 6.07) is 8.43. The van der Waals surface area contributed by atoms with Crippen molar-refractivity contribution in [3.8, 4) is 0 Å². The minimum absolute atomic E-state index is 0.0459. The highest BCUT2D eigenvalue weighted by molar-refractivity contribution is 5.83. The Morgan fingerprint density at radius 1 is 1.06 bits per heavy atom. The van der Waals surface area contributed by atoms with Crippen LogP contribution in [0.15, 0.2) is 24.3 Å². The lowest BCUT2D eigenvalue weighted by molar-refractivity contribution is -0.124. The zero-order valence-corrected chi connectivity index (χ0v) is 11.2. The van der Waals surface area contributed by atoms with E-state index in [1.807, 2.05) is 0 Å². The highest BCUT2D eigenvalue weighted by Crippen LogP contribution is 2.05. The lowest BCUT2D eigenvalue weighted by Crippen LogP contribution is -2.25. The van der Waals surface area contributed by atoms with Crippen LogP contribution in [0, 0.1) is 0 Å². The monoisotopic (exact) mass is 247 g/mol. The highest BCUT2D eigenvalue weighted by atomic mass is 16.2. The molecule has 0 unspecified atom stereocenters. The Morgan fingerprint density at radius 3 is 2.22 bits per heavy atom. The van der Waals surface area contributed by atoms with Crippen molar-refractivity contribution in [3.63, 3.8) is 0 Å². The molecule has 0 aliphatic carbocycles. The van der Waals surface area contributed by atoms with E-state index in [1.165, 1.54) is 18.1 Å². The van der Waals surface area contributed by atoms with Crippen LogP contribution in [0.4, 0.5) is 0 Å². The summed E-state index contributed by atoms with van der Waals surface area (Å²) < 4.78 is 0. The van der Waals surface area contributed by atoms with Crippen LogP contribution in [0.1, 0.15) is 37.8 Å². The van der Waals surface area contributed by atoms with Gasteiger partial charge in [-0.2, -0.15) is 0 Å². The van der Waals surface area contributed by atoms with Crippen molar-refractivity contribution in [1.29, 1.82) is 0 Å². The number of nitrogens with one attached hydrogen (secondary N) is 1. The summed E-state index contributed by atoms with van der Waals surface area (Å²) >= 11 is 0.